The van der Waals surface area contributed by atoms with Crippen LogP contribution in [0.3, 0.4) is 0 Å². The number of carbonyl (C=O) groups excluding carboxylic acids is 1. The van der Waals surface area contributed by atoms with Gasteiger partial charge in [0.2, 0.25) is 0 Å². The van der Waals surface area contributed by atoms with Gasteiger partial charge >= 0.3 is 0 Å². The molecule has 3 aliphatic rings. The lowest BCUT2D eigenvalue weighted by Gasteiger charge is -2.34. The zero-order valence-electron chi connectivity index (χ0n) is 19.1. The van der Waals surface area contributed by atoms with Crippen molar-refractivity contribution in [3.8, 4) is 11.8 Å². The summed E-state index contributed by atoms with van der Waals surface area (Å²) in [7, 11) is 0. The normalized spacial score (nSPS) is 23.0. The Labute approximate surface area is 204 Å². The summed E-state index contributed by atoms with van der Waals surface area (Å²) in [6.45, 7) is 2.67. The van der Waals surface area contributed by atoms with E-state index in [-0.39, 0.29) is 24.7 Å². The minimum Gasteiger partial charge on any atom is -0.490 e. The third-order valence-corrected chi connectivity index (χ3v) is 7.76. The molecular formula is C26H29ClN4O3. The van der Waals surface area contributed by atoms with E-state index < -0.39 is 0 Å². The Bertz CT molecular complexity index is 1100. The fourth-order valence-corrected chi connectivity index (χ4v) is 5.57. The molecule has 1 aliphatic carbocycles. The molecule has 7 nitrogen and oxygen atoms in total. The Morgan fingerprint density at radius 1 is 1.15 bits per heavy atom. The quantitative estimate of drug-likeness (QED) is 0.691. The van der Waals surface area contributed by atoms with Crippen LogP contribution >= 0.6 is 11.6 Å². The van der Waals surface area contributed by atoms with Crippen LogP contribution in [0.15, 0.2) is 30.5 Å². The molecule has 1 saturated carbocycles. The van der Waals surface area contributed by atoms with E-state index in [4.69, 9.17) is 21.6 Å². The van der Waals surface area contributed by atoms with E-state index in [1.807, 2.05) is 4.90 Å². The summed E-state index contributed by atoms with van der Waals surface area (Å²) in [6, 6.07) is 9.51. The van der Waals surface area contributed by atoms with Crippen molar-refractivity contribution in [3.63, 3.8) is 0 Å². The summed E-state index contributed by atoms with van der Waals surface area (Å²) in [5.41, 5.74) is 2.22. The molecule has 3 heterocycles. The van der Waals surface area contributed by atoms with Crippen molar-refractivity contribution < 1.29 is 14.6 Å². The second-order valence-corrected chi connectivity index (χ2v) is 9.95. The van der Waals surface area contributed by atoms with Crippen LogP contribution in [0.25, 0.3) is 0 Å². The van der Waals surface area contributed by atoms with Crippen molar-refractivity contribution in [1.82, 2.24) is 9.88 Å². The van der Waals surface area contributed by atoms with Gasteiger partial charge in [0, 0.05) is 44.5 Å². The highest BCUT2D eigenvalue weighted by atomic mass is 35.5. The van der Waals surface area contributed by atoms with E-state index in [0.717, 1.165) is 68.6 Å². The maximum atomic E-state index is 13.1. The lowest BCUT2D eigenvalue weighted by molar-refractivity contribution is 0.0561. The van der Waals surface area contributed by atoms with Gasteiger partial charge in [0.1, 0.15) is 17.6 Å². The maximum Gasteiger partial charge on any atom is 0.256 e. The van der Waals surface area contributed by atoms with Gasteiger partial charge in [-0.2, -0.15) is 5.26 Å². The maximum absolute atomic E-state index is 13.1. The highest BCUT2D eigenvalue weighted by molar-refractivity contribution is 6.31. The van der Waals surface area contributed by atoms with Gasteiger partial charge in [-0.15, -0.1) is 0 Å². The largest absolute Gasteiger partial charge is 0.490 e. The summed E-state index contributed by atoms with van der Waals surface area (Å²) in [5, 5.41) is 18.8. The third-order valence-electron chi connectivity index (χ3n) is 7.45. The fourth-order valence-electron chi connectivity index (χ4n) is 5.36. The molecular weight excluding hydrogens is 452 g/mol. The number of carbonyl (C=O) groups is 1. The minimum atomic E-state index is 0.0791. The van der Waals surface area contributed by atoms with Gasteiger partial charge in [0.15, 0.2) is 0 Å². The van der Waals surface area contributed by atoms with Crippen molar-refractivity contribution in [2.75, 3.05) is 24.6 Å². The first kappa shape index (κ1) is 22.9. The number of anilines is 1. The van der Waals surface area contributed by atoms with Crippen molar-refractivity contribution in [2.45, 2.75) is 57.2 Å². The van der Waals surface area contributed by atoms with Gasteiger partial charge in [0.05, 0.1) is 22.3 Å². The molecule has 1 amide bonds. The predicted octanol–water partition coefficient (Wildman–Crippen LogP) is 4.16. The minimum absolute atomic E-state index is 0.0791. The molecule has 178 valence electrons. The van der Waals surface area contributed by atoms with Crippen LogP contribution < -0.4 is 9.64 Å². The number of ether oxygens (including phenoxy) is 1. The molecule has 5 rings (SSSR count). The Hall–Kier alpha value is -2.82. The Balaban J connectivity index is 1.18. The van der Waals surface area contributed by atoms with Gasteiger partial charge in [-0.3, -0.25) is 4.79 Å². The number of pyridine rings is 1. The van der Waals surface area contributed by atoms with E-state index >= 15 is 0 Å². The number of benzene rings is 1. The summed E-state index contributed by atoms with van der Waals surface area (Å²) >= 11 is 6.13. The molecule has 34 heavy (non-hydrogen) atoms. The lowest BCUT2D eigenvalue weighted by Crippen LogP contribution is -2.40. The molecule has 0 atom stereocenters. The van der Waals surface area contributed by atoms with Gasteiger partial charge in [-0.05, 0) is 68.2 Å². The van der Waals surface area contributed by atoms with Gasteiger partial charge in [-0.1, -0.05) is 11.6 Å². The van der Waals surface area contributed by atoms with E-state index in [2.05, 4.69) is 22.0 Å². The van der Waals surface area contributed by atoms with Crippen LogP contribution in [0.1, 0.15) is 60.0 Å². The van der Waals surface area contributed by atoms with Crippen LogP contribution in [-0.4, -0.2) is 52.7 Å². The van der Waals surface area contributed by atoms with Crippen molar-refractivity contribution in [3.05, 3.63) is 52.2 Å². The third kappa shape index (κ3) is 4.57. The SMILES string of the molecule is N#Cc1ccc(O[C@H]2CC[C@H](N3Cc4cc(N5CCC(CO)CC5)ncc4C3=O)CC2)cc1Cl. The first-order chi connectivity index (χ1) is 16.6. The number of amides is 1. The molecule has 2 fully saturated rings. The second-order valence-electron chi connectivity index (χ2n) is 9.55. The van der Waals surface area contributed by atoms with Crippen LogP contribution in [0.2, 0.25) is 5.02 Å². The summed E-state index contributed by atoms with van der Waals surface area (Å²) < 4.78 is 6.11. The van der Waals surface area contributed by atoms with Crippen molar-refractivity contribution in [1.29, 1.82) is 5.26 Å². The Kier molecular flexibility index (Phi) is 6.62. The predicted molar refractivity (Wildman–Crippen MR) is 129 cm³/mol. The topological polar surface area (TPSA) is 89.7 Å². The number of aliphatic hydroxyl groups is 1. The van der Waals surface area contributed by atoms with Gasteiger partial charge < -0.3 is 19.6 Å². The van der Waals surface area contributed by atoms with E-state index in [9.17, 15) is 9.90 Å². The number of aliphatic hydroxyl groups excluding tert-OH is 1. The number of hydrogen-bond donors (Lipinski definition) is 1. The number of fused-ring (bicyclic) bond motifs is 1. The zero-order valence-corrected chi connectivity index (χ0v) is 19.9. The molecule has 1 aromatic heterocycles. The number of hydrogen-bond acceptors (Lipinski definition) is 6. The average Bonchev–Trinajstić information content (AvgIpc) is 3.20. The zero-order chi connectivity index (χ0) is 23.7. The van der Waals surface area contributed by atoms with Crippen LogP contribution in [0.5, 0.6) is 5.75 Å². The second kappa shape index (κ2) is 9.81. The molecule has 0 bridgehead atoms. The fraction of sp³-hybridized carbons (Fsp3) is 0.500. The Morgan fingerprint density at radius 3 is 2.59 bits per heavy atom. The Morgan fingerprint density at radius 2 is 1.91 bits per heavy atom. The standard InChI is InChI=1S/C26H29ClN4O3/c27-24-12-22(4-1-18(24)13-28)34-21-5-2-20(3-6-21)31-15-19-11-25(29-14-23(19)26(31)33)30-9-7-17(16-32)8-10-30/h1,4,11-12,14,17,20-21,32H,2-3,5-10,15-16H2/t20-,21-. The summed E-state index contributed by atoms with van der Waals surface area (Å²) in [5.74, 6) is 2.08. The molecule has 0 radical (unpaired) electrons. The summed E-state index contributed by atoms with van der Waals surface area (Å²) in [6.07, 6.45) is 7.29. The smallest absolute Gasteiger partial charge is 0.256 e. The first-order valence-corrected chi connectivity index (χ1v) is 12.5. The van der Waals surface area contributed by atoms with E-state index in [1.165, 1.54) is 0 Å². The van der Waals surface area contributed by atoms with Crippen LogP contribution in [0.4, 0.5) is 5.82 Å². The number of halogens is 1. The van der Waals surface area contributed by atoms with Gasteiger partial charge in [0.25, 0.3) is 5.91 Å². The number of nitriles is 1. The molecule has 0 spiro atoms. The van der Waals surface area contributed by atoms with E-state index in [1.54, 1.807) is 24.4 Å². The molecule has 8 heteroatoms. The lowest BCUT2D eigenvalue weighted by atomic mass is 9.92. The molecule has 0 unspecified atom stereocenters. The number of rotatable bonds is 5. The molecule has 2 aromatic rings. The van der Waals surface area contributed by atoms with Crippen molar-refractivity contribution in [2.24, 2.45) is 5.92 Å². The molecule has 2 aliphatic heterocycles. The number of aromatic nitrogens is 1. The van der Waals surface area contributed by atoms with Crippen molar-refractivity contribution >= 4 is 23.3 Å². The van der Waals surface area contributed by atoms with Crippen LogP contribution in [0, 0.1) is 17.2 Å². The molecule has 1 saturated heterocycles. The molecule has 1 aromatic carbocycles. The highest BCUT2D eigenvalue weighted by Crippen LogP contribution is 2.34. The number of nitrogens with zero attached hydrogens (tertiary/aromatic N) is 4. The average molecular weight is 481 g/mol. The van der Waals surface area contributed by atoms with E-state index in [0.29, 0.717) is 28.8 Å². The highest BCUT2D eigenvalue weighted by Gasteiger charge is 2.36. The monoisotopic (exact) mass is 480 g/mol. The first-order valence-electron chi connectivity index (χ1n) is 12.1. The molecule has 1 N–H and O–H groups in total. The van der Waals surface area contributed by atoms with Gasteiger partial charge in [-0.25, -0.2) is 4.98 Å². The summed E-state index contributed by atoms with van der Waals surface area (Å²) in [4.78, 5) is 22.0. The van der Waals surface area contributed by atoms with Crippen LogP contribution in [-0.2, 0) is 6.54 Å². The number of piperidine rings is 1.